The van der Waals surface area contributed by atoms with Gasteiger partial charge in [0.15, 0.2) is 5.76 Å². The third-order valence-corrected chi connectivity index (χ3v) is 3.84. The molecular formula is C18H10O4. The average molecular weight is 290 g/mol. The summed E-state index contributed by atoms with van der Waals surface area (Å²) in [4.78, 5) is 24.4. The number of rotatable bonds is 1. The Labute approximate surface area is 124 Å². The van der Waals surface area contributed by atoms with E-state index in [9.17, 15) is 14.7 Å². The quantitative estimate of drug-likeness (QED) is 0.744. The summed E-state index contributed by atoms with van der Waals surface area (Å²) < 4.78 is 4.96. The minimum Gasteiger partial charge on any atom is -0.504 e. The summed E-state index contributed by atoms with van der Waals surface area (Å²) in [6.45, 7) is 0. The van der Waals surface area contributed by atoms with E-state index >= 15 is 0 Å². The zero-order valence-corrected chi connectivity index (χ0v) is 11.4. The van der Waals surface area contributed by atoms with Gasteiger partial charge in [0.1, 0.15) is 6.26 Å². The maximum atomic E-state index is 12.5. The molecule has 1 aliphatic rings. The number of ketones is 1. The molecule has 4 rings (SSSR count). The Morgan fingerprint density at radius 2 is 1.73 bits per heavy atom. The molecule has 0 fully saturated rings. The summed E-state index contributed by atoms with van der Waals surface area (Å²) in [6, 6.07) is 12.8. The van der Waals surface area contributed by atoms with Crippen LogP contribution in [0.2, 0.25) is 0 Å². The molecule has 0 spiro atoms. The third kappa shape index (κ3) is 1.64. The zero-order chi connectivity index (χ0) is 15.3. The highest BCUT2D eigenvalue weighted by molar-refractivity contribution is 6.24. The molecule has 0 amide bonds. The first-order valence-electron chi connectivity index (χ1n) is 6.76. The fourth-order valence-corrected chi connectivity index (χ4v) is 2.85. The lowest BCUT2D eigenvalue weighted by atomic mass is 9.87. The van der Waals surface area contributed by atoms with Crippen LogP contribution in [0.4, 0.5) is 0 Å². The standard InChI is InChI=1S/C18H10O4/c19-14-8-11-9-22-18(21)13-7-6-12(10-4-2-1-3-5-10)16(15(11)13)17(14)20/h1-9,19H. The van der Waals surface area contributed by atoms with Gasteiger partial charge in [0, 0.05) is 16.5 Å². The molecule has 4 heteroatoms. The Morgan fingerprint density at radius 3 is 2.50 bits per heavy atom. The molecule has 0 atom stereocenters. The van der Waals surface area contributed by atoms with Crippen LogP contribution in [0.25, 0.3) is 28.0 Å². The maximum absolute atomic E-state index is 12.5. The SMILES string of the molecule is O=C1C(O)=Cc2coc(=O)c3ccc(-c4ccccc4)c1c23. The number of carbonyl (C=O) groups excluding carboxylic acids is 1. The summed E-state index contributed by atoms with van der Waals surface area (Å²) >= 11 is 0. The van der Waals surface area contributed by atoms with Gasteiger partial charge >= 0.3 is 5.63 Å². The highest BCUT2D eigenvalue weighted by Crippen LogP contribution is 2.36. The van der Waals surface area contributed by atoms with Crippen LogP contribution < -0.4 is 5.63 Å². The van der Waals surface area contributed by atoms with Crippen molar-refractivity contribution in [2.45, 2.75) is 0 Å². The van der Waals surface area contributed by atoms with E-state index in [2.05, 4.69) is 0 Å². The molecule has 0 radical (unpaired) electrons. The molecule has 3 aromatic rings. The normalized spacial score (nSPS) is 13.3. The van der Waals surface area contributed by atoms with Gasteiger partial charge in [-0.15, -0.1) is 0 Å². The molecule has 0 aliphatic heterocycles. The number of allylic oxidation sites excluding steroid dienone is 1. The van der Waals surface area contributed by atoms with Gasteiger partial charge in [-0.05, 0) is 23.3 Å². The van der Waals surface area contributed by atoms with Gasteiger partial charge in [-0.1, -0.05) is 36.4 Å². The second-order valence-electron chi connectivity index (χ2n) is 5.11. The van der Waals surface area contributed by atoms with E-state index in [1.165, 1.54) is 12.3 Å². The summed E-state index contributed by atoms with van der Waals surface area (Å²) in [5, 5.41) is 10.8. The van der Waals surface area contributed by atoms with E-state index in [4.69, 9.17) is 4.42 Å². The number of Topliss-reactive ketones (excluding diaryl/α,β-unsaturated/α-hetero) is 1. The molecule has 0 bridgehead atoms. The fourth-order valence-electron chi connectivity index (χ4n) is 2.85. The van der Waals surface area contributed by atoms with E-state index in [1.54, 1.807) is 12.1 Å². The fraction of sp³-hybridized carbons (Fsp3) is 0. The Morgan fingerprint density at radius 1 is 0.955 bits per heavy atom. The van der Waals surface area contributed by atoms with E-state index in [-0.39, 0.29) is 5.76 Å². The van der Waals surface area contributed by atoms with Crippen LogP contribution >= 0.6 is 0 Å². The van der Waals surface area contributed by atoms with Crippen molar-refractivity contribution < 1.29 is 14.3 Å². The summed E-state index contributed by atoms with van der Waals surface area (Å²) in [6.07, 6.45) is 2.60. The largest absolute Gasteiger partial charge is 0.504 e. The van der Waals surface area contributed by atoms with Gasteiger partial charge in [-0.3, -0.25) is 4.79 Å². The van der Waals surface area contributed by atoms with E-state index in [1.807, 2.05) is 30.3 Å². The summed E-state index contributed by atoms with van der Waals surface area (Å²) in [5.41, 5.74) is 1.90. The minimum atomic E-state index is -0.498. The number of hydrogen-bond acceptors (Lipinski definition) is 4. The molecule has 0 unspecified atom stereocenters. The molecule has 1 N–H and O–H groups in total. The predicted molar refractivity (Wildman–Crippen MR) is 82.9 cm³/mol. The monoisotopic (exact) mass is 290 g/mol. The Hall–Kier alpha value is -3.14. The van der Waals surface area contributed by atoms with Crippen LogP contribution in [0.5, 0.6) is 0 Å². The predicted octanol–water partition coefficient (Wildman–Crippen LogP) is 3.56. The van der Waals surface area contributed by atoms with Crippen LogP contribution in [0.1, 0.15) is 15.9 Å². The van der Waals surface area contributed by atoms with Crippen LogP contribution in [0, 0.1) is 0 Å². The minimum absolute atomic E-state index is 0.337. The lowest BCUT2D eigenvalue weighted by Gasteiger charge is -2.16. The van der Waals surface area contributed by atoms with Gasteiger partial charge in [-0.2, -0.15) is 0 Å². The van der Waals surface area contributed by atoms with Gasteiger partial charge in [0.2, 0.25) is 5.78 Å². The zero-order valence-electron chi connectivity index (χ0n) is 11.4. The molecule has 2 aromatic carbocycles. The van der Waals surface area contributed by atoms with Crippen molar-refractivity contribution in [3.8, 4) is 11.1 Å². The maximum Gasteiger partial charge on any atom is 0.343 e. The first-order chi connectivity index (χ1) is 10.7. The summed E-state index contributed by atoms with van der Waals surface area (Å²) in [5.74, 6) is -0.839. The number of carbonyl (C=O) groups is 1. The third-order valence-electron chi connectivity index (χ3n) is 3.84. The van der Waals surface area contributed by atoms with Gasteiger partial charge < -0.3 is 9.52 Å². The van der Waals surface area contributed by atoms with Crippen LogP contribution in [-0.2, 0) is 0 Å². The smallest absolute Gasteiger partial charge is 0.343 e. The van der Waals surface area contributed by atoms with Crippen molar-refractivity contribution in [1.82, 2.24) is 0 Å². The van der Waals surface area contributed by atoms with Crippen molar-refractivity contribution in [1.29, 1.82) is 0 Å². The highest BCUT2D eigenvalue weighted by Gasteiger charge is 2.26. The Kier molecular flexibility index (Phi) is 2.53. The lowest BCUT2D eigenvalue weighted by molar-refractivity contribution is 0.0981. The molecule has 0 saturated carbocycles. The molecular weight excluding hydrogens is 280 g/mol. The first kappa shape index (κ1) is 12.6. The van der Waals surface area contributed by atoms with Crippen molar-refractivity contribution in [2.75, 3.05) is 0 Å². The van der Waals surface area contributed by atoms with E-state index < -0.39 is 11.4 Å². The highest BCUT2D eigenvalue weighted by atomic mass is 16.4. The number of benzene rings is 2. The Bertz CT molecular complexity index is 1010. The number of hydrogen-bond donors (Lipinski definition) is 1. The Balaban J connectivity index is 2.20. The van der Waals surface area contributed by atoms with Gasteiger partial charge in [0.05, 0.1) is 5.39 Å². The first-order valence-corrected chi connectivity index (χ1v) is 6.76. The van der Waals surface area contributed by atoms with Crippen molar-refractivity contribution in [3.63, 3.8) is 0 Å². The van der Waals surface area contributed by atoms with Crippen LogP contribution in [0.15, 0.2) is 63.7 Å². The second kappa shape index (κ2) is 4.43. The van der Waals surface area contributed by atoms with Gasteiger partial charge in [0.25, 0.3) is 0 Å². The molecule has 4 nitrogen and oxygen atoms in total. The second-order valence-corrected chi connectivity index (χ2v) is 5.11. The van der Waals surface area contributed by atoms with Crippen molar-refractivity contribution in [3.05, 3.63) is 76.0 Å². The molecule has 1 heterocycles. The molecule has 22 heavy (non-hydrogen) atoms. The number of aliphatic hydroxyl groups excluding tert-OH is 1. The van der Waals surface area contributed by atoms with Crippen molar-refractivity contribution in [2.24, 2.45) is 0 Å². The van der Waals surface area contributed by atoms with Gasteiger partial charge in [-0.25, -0.2) is 4.79 Å². The van der Waals surface area contributed by atoms with E-state index in [0.29, 0.717) is 27.5 Å². The molecule has 1 aliphatic carbocycles. The van der Waals surface area contributed by atoms with Crippen LogP contribution in [0.3, 0.4) is 0 Å². The topological polar surface area (TPSA) is 67.5 Å². The molecule has 1 aromatic heterocycles. The van der Waals surface area contributed by atoms with E-state index in [0.717, 1.165) is 5.56 Å². The summed E-state index contributed by atoms with van der Waals surface area (Å²) in [7, 11) is 0. The average Bonchev–Trinajstić information content (AvgIpc) is 2.55. The molecule has 106 valence electrons. The molecule has 0 saturated heterocycles. The van der Waals surface area contributed by atoms with Crippen LogP contribution in [-0.4, -0.2) is 10.9 Å². The van der Waals surface area contributed by atoms with Crippen molar-refractivity contribution >= 4 is 22.6 Å². The lowest BCUT2D eigenvalue weighted by Crippen LogP contribution is -2.13. The number of aliphatic hydroxyl groups is 1.